The molecule has 1 heterocycles. The van der Waals surface area contributed by atoms with E-state index in [0.717, 1.165) is 22.7 Å². The van der Waals surface area contributed by atoms with E-state index in [0.29, 0.717) is 0 Å². The molecule has 0 aliphatic carbocycles. The van der Waals surface area contributed by atoms with E-state index in [2.05, 4.69) is 252 Å². The first kappa shape index (κ1) is 34.8. The van der Waals surface area contributed by atoms with Gasteiger partial charge in [-0.3, -0.25) is 0 Å². The fraction of sp³-hybridized carbons (Fsp3) is 0. The third-order valence-electron chi connectivity index (χ3n) is 11.1. The van der Waals surface area contributed by atoms with Gasteiger partial charge in [0.25, 0.3) is 0 Å². The summed E-state index contributed by atoms with van der Waals surface area (Å²) in [5.41, 5.74) is 17.7. The van der Waals surface area contributed by atoms with E-state index in [-0.39, 0.29) is 0 Å². The third-order valence-corrected chi connectivity index (χ3v) is 11.1. The van der Waals surface area contributed by atoms with Crippen molar-refractivity contribution in [3.8, 4) is 61.3 Å². The van der Waals surface area contributed by atoms with Gasteiger partial charge in [-0.25, -0.2) is 0 Å². The van der Waals surface area contributed by atoms with Crippen molar-refractivity contribution in [1.29, 1.82) is 0 Å². The number of aromatic nitrogens is 1. The van der Waals surface area contributed by atoms with Gasteiger partial charge >= 0.3 is 0 Å². The lowest BCUT2D eigenvalue weighted by molar-refractivity contribution is 1.13. The summed E-state index contributed by atoms with van der Waals surface area (Å²) in [4.78, 5) is 2.34. The molecular weight excluding hydrogens is 701 g/mol. The van der Waals surface area contributed by atoms with Crippen LogP contribution in [-0.2, 0) is 0 Å². The molecule has 9 aromatic carbocycles. The molecule has 0 amide bonds. The minimum Gasteiger partial charge on any atom is -0.317 e. The number of fused-ring (bicyclic) bond motifs is 1. The fourth-order valence-electron chi connectivity index (χ4n) is 7.95. The zero-order valence-corrected chi connectivity index (χ0v) is 32.0. The maximum absolute atomic E-state index is 2.34. The summed E-state index contributed by atoms with van der Waals surface area (Å²) in [6, 6.07) is 85.0. The van der Waals surface area contributed by atoms with Crippen LogP contribution in [0.1, 0.15) is 0 Å². The lowest BCUT2D eigenvalue weighted by Gasteiger charge is -2.26. The summed E-state index contributed by atoms with van der Waals surface area (Å²) >= 11 is 0. The van der Waals surface area contributed by atoms with Gasteiger partial charge in [-0.1, -0.05) is 176 Å². The molecule has 10 rings (SSSR count). The van der Waals surface area contributed by atoms with Crippen LogP contribution in [0.3, 0.4) is 0 Å². The Balaban J connectivity index is 0.950. The third kappa shape index (κ3) is 7.00. The van der Waals surface area contributed by atoms with Gasteiger partial charge in [0.15, 0.2) is 0 Å². The van der Waals surface area contributed by atoms with Crippen LogP contribution >= 0.6 is 0 Å². The summed E-state index contributed by atoms with van der Waals surface area (Å²) in [7, 11) is 0. The molecule has 0 aliphatic heterocycles. The maximum atomic E-state index is 2.34. The summed E-state index contributed by atoms with van der Waals surface area (Å²) in [5.74, 6) is 0. The molecule has 1 aromatic heterocycles. The van der Waals surface area contributed by atoms with Gasteiger partial charge in [-0.2, -0.15) is 0 Å². The zero-order valence-electron chi connectivity index (χ0n) is 32.0. The highest BCUT2D eigenvalue weighted by molar-refractivity contribution is 5.84. The highest BCUT2D eigenvalue weighted by atomic mass is 15.1. The molecule has 2 heteroatoms. The predicted molar refractivity (Wildman–Crippen MR) is 245 cm³/mol. The summed E-state index contributed by atoms with van der Waals surface area (Å²) in [5, 5.41) is 1.24. The minimum atomic E-state index is 1.10. The fourth-order valence-corrected chi connectivity index (χ4v) is 7.95. The molecule has 0 N–H and O–H groups in total. The molecule has 58 heavy (non-hydrogen) atoms. The molecule has 0 unspecified atom stereocenters. The number of para-hydroxylation sites is 1. The van der Waals surface area contributed by atoms with Gasteiger partial charge in [0.1, 0.15) is 0 Å². The van der Waals surface area contributed by atoms with Crippen molar-refractivity contribution in [2.75, 3.05) is 4.90 Å². The molecule has 0 atom stereocenters. The Bertz CT molecular complexity index is 2780. The van der Waals surface area contributed by atoms with Crippen LogP contribution in [0.15, 0.2) is 243 Å². The second kappa shape index (κ2) is 15.5. The van der Waals surface area contributed by atoms with Crippen molar-refractivity contribution in [2.24, 2.45) is 0 Å². The Morgan fingerprint density at radius 3 is 0.914 bits per heavy atom. The predicted octanol–water partition coefficient (Wildman–Crippen LogP) is 15.4. The average molecular weight is 741 g/mol. The number of hydrogen-bond acceptors (Lipinski definition) is 1. The van der Waals surface area contributed by atoms with Crippen LogP contribution in [0, 0.1) is 0 Å². The normalized spacial score (nSPS) is 11.1. The Hall–Kier alpha value is -7.68. The standard InChI is InChI=1S/C56H40N2/c1-3-9-41(10-4-1)43-15-19-45(20-16-43)48-25-33-53(34-26-48)58(54-35-27-49(28-36-54)46-21-17-44(18-22-46)42-11-5-2-6-12-42)55-37-29-50(30-38-55)47-23-31-52(32-24-47)57-40-39-51-13-7-8-14-56(51)57/h1-40H. The quantitative estimate of drug-likeness (QED) is 0.143. The van der Waals surface area contributed by atoms with Crippen molar-refractivity contribution in [3.63, 3.8) is 0 Å². The van der Waals surface area contributed by atoms with E-state index >= 15 is 0 Å². The number of rotatable bonds is 9. The van der Waals surface area contributed by atoms with Crippen molar-refractivity contribution >= 4 is 28.0 Å². The first-order chi connectivity index (χ1) is 28.7. The van der Waals surface area contributed by atoms with Gasteiger partial charge in [0, 0.05) is 28.9 Å². The monoisotopic (exact) mass is 740 g/mol. The van der Waals surface area contributed by atoms with Crippen LogP contribution in [0.4, 0.5) is 17.1 Å². The maximum Gasteiger partial charge on any atom is 0.0528 e. The van der Waals surface area contributed by atoms with Gasteiger partial charge < -0.3 is 9.47 Å². The largest absolute Gasteiger partial charge is 0.317 e. The molecule has 0 spiro atoms. The molecule has 0 radical (unpaired) electrons. The molecular formula is C56H40N2. The van der Waals surface area contributed by atoms with Crippen molar-refractivity contribution in [1.82, 2.24) is 4.57 Å². The second-order valence-electron chi connectivity index (χ2n) is 14.7. The van der Waals surface area contributed by atoms with Crippen LogP contribution in [0.2, 0.25) is 0 Å². The van der Waals surface area contributed by atoms with Crippen molar-refractivity contribution in [3.05, 3.63) is 243 Å². The van der Waals surface area contributed by atoms with E-state index in [1.54, 1.807) is 0 Å². The van der Waals surface area contributed by atoms with Crippen molar-refractivity contribution < 1.29 is 0 Å². The number of benzene rings is 9. The lowest BCUT2D eigenvalue weighted by Crippen LogP contribution is -2.09. The molecule has 0 saturated heterocycles. The molecule has 0 aliphatic rings. The highest BCUT2D eigenvalue weighted by Gasteiger charge is 2.14. The number of anilines is 3. The van der Waals surface area contributed by atoms with E-state index < -0.39 is 0 Å². The second-order valence-corrected chi connectivity index (χ2v) is 14.7. The van der Waals surface area contributed by atoms with Gasteiger partial charge in [0.2, 0.25) is 0 Å². The first-order valence-corrected chi connectivity index (χ1v) is 19.8. The van der Waals surface area contributed by atoms with Gasteiger partial charge in [0.05, 0.1) is 5.52 Å². The smallest absolute Gasteiger partial charge is 0.0528 e. The molecule has 0 bridgehead atoms. The molecule has 274 valence electrons. The molecule has 0 fully saturated rings. The summed E-state index contributed by atoms with van der Waals surface area (Å²) < 4.78 is 2.25. The van der Waals surface area contributed by atoms with Crippen LogP contribution < -0.4 is 4.90 Å². The van der Waals surface area contributed by atoms with Crippen LogP contribution in [-0.4, -0.2) is 4.57 Å². The zero-order chi connectivity index (χ0) is 38.7. The van der Waals surface area contributed by atoms with E-state index in [4.69, 9.17) is 0 Å². The highest BCUT2D eigenvalue weighted by Crippen LogP contribution is 2.38. The minimum absolute atomic E-state index is 1.10. The Kier molecular flexibility index (Phi) is 9.27. The first-order valence-electron chi connectivity index (χ1n) is 19.8. The topological polar surface area (TPSA) is 8.17 Å². The molecule has 10 aromatic rings. The molecule has 0 saturated carbocycles. The number of nitrogens with zero attached hydrogens (tertiary/aromatic N) is 2. The van der Waals surface area contributed by atoms with Gasteiger partial charge in [-0.15, -0.1) is 0 Å². The Labute approximate surface area is 340 Å². The summed E-state index contributed by atoms with van der Waals surface area (Å²) in [6.07, 6.45) is 2.14. The average Bonchev–Trinajstić information content (AvgIpc) is 3.75. The van der Waals surface area contributed by atoms with Crippen LogP contribution in [0.25, 0.3) is 72.2 Å². The Morgan fingerprint density at radius 2 is 0.534 bits per heavy atom. The van der Waals surface area contributed by atoms with E-state index in [1.165, 1.54) is 66.5 Å². The van der Waals surface area contributed by atoms with Crippen molar-refractivity contribution in [2.45, 2.75) is 0 Å². The van der Waals surface area contributed by atoms with E-state index in [1.807, 2.05) is 0 Å². The van der Waals surface area contributed by atoms with Gasteiger partial charge in [-0.05, 0) is 122 Å². The lowest BCUT2D eigenvalue weighted by atomic mass is 9.99. The van der Waals surface area contributed by atoms with Crippen LogP contribution in [0.5, 0.6) is 0 Å². The number of hydrogen-bond donors (Lipinski definition) is 0. The Morgan fingerprint density at radius 1 is 0.241 bits per heavy atom. The molecule has 2 nitrogen and oxygen atoms in total. The SMILES string of the molecule is c1ccc(-c2ccc(-c3ccc(N(c4ccc(-c5ccc(-c6ccccc6)cc5)cc4)c4ccc(-c5ccc(-n6ccc7ccccc76)cc5)cc4)cc3)cc2)cc1. The summed E-state index contributed by atoms with van der Waals surface area (Å²) in [6.45, 7) is 0. The van der Waals surface area contributed by atoms with E-state index in [9.17, 15) is 0 Å².